The van der Waals surface area contributed by atoms with Crippen LogP contribution >= 0.6 is 12.4 Å². The van der Waals surface area contributed by atoms with E-state index in [1.54, 1.807) is 0 Å². The second-order valence-electron chi connectivity index (χ2n) is 4.99. The van der Waals surface area contributed by atoms with Gasteiger partial charge >= 0.3 is 0 Å². The fraction of sp³-hybridized carbons (Fsp3) is 0.462. The van der Waals surface area contributed by atoms with Gasteiger partial charge in [0.25, 0.3) is 5.69 Å². The summed E-state index contributed by atoms with van der Waals surface area (Å²) in [5.41, 5.74) is 5.33. The lowest BCUT2D eigenvalue weighted by molar-refractivity contribution is -0.384. The Bertz CT molecular complexity index is 712. The molecular formula is C13H21ClN4O6S. The lowest BCUT2D eigenvalue weighted by Crippen LogP contribution is -2.44. The monoisotopic (exact) mass is 396 g/mol. The molecule has 0 spiro atoms. The third-order valence-electron chi connectivity index (χ3n) is 3.02. The number of nitrogens with zero attached hydrogens (tertiary/aromatic N) is 1. The molecule has 1 aromatic rings. The number of sulfone groups is 1. The second kappa shape index (κ2) is 10.1. The first-order chi connectivity index (χ1) is 11.2. The molecule has 1 atom stereocenters. The SMILES string of the molecule is COCC(N)C(=O)NCCNc1ccc(S(C)(=O)=O)cc1[N+](=O)[O-].Cl. The molecule has 25 heavy (non-hydrogen) atoms. The number of nitro groups is 1. The Hall–Kier alpha value is -1.95. The summed E-state index contributed by atoms with van der Waals surface area (Å²) >= 11 is 0. The number of rotatable bonds is 9. The van der Waals surface area contributed by atoms with Gasteiger partial charge < -0.3 is 21.1 Å². The zero-order valence-electron chi connectivity index (χ0n) is 13.7. The third kappa shape index (κ3) is 7.22. The number of hydrogen-bond donors (Lipinski definition) is 3. The van der Waals surface area contributed by atoms with Crippen LogP contribution in [-0.4, -0.2) is 58.4 Å². The molecular weight excluding hydrogens is 376 g/mol. The van der Waals surface area contributed by atoms with E-state index < -0.39 is 26.7 Å². The van der Waals surface area contributed by atoms with Crippen molar-refractivity contribution in [3.8, 4) is 0 Å². The minimum absolute atomic E-state index is 0. The zero-order valence-corrected chi connectivity index (χ0v) is 15.4. The van der Waals surface area contributed by atoms with Gasteiger partial charge in [-0.25, -0.2) is 8.42 Å². The molecule has 0 radical (unpaired) electrons. The van der Waals surface area contributed by atoms with E-state index in [2.05, 4.69) is 10.6 Å². The van der Waals surface area contributed by atoms with E-state index in [9.17, 15) is 23.3 Å². The topological polar surface area (TPSA) is 154 Å². The highest BCUT2D eigenvalue weighted by molar-refractivity contribution is 7.90. The molecule has 0 bridgehead atoms. The summed E-state index contributed by atoms with van der Waals surface area (Å²) in [6.07, 6.45) is 0.970. The summed E-state index contributed by atoms with van der Waals surface area (Å²) < 4.78 is 27.7. The number of hydrogen-bond acceptors (Lipinski definition) is 8. The van der Waals surface area contributed by atoms with E-state index in [1.165, 1.54) is 19.2 Å². The molecule has 0 saturated carbocycles. The summed E-state index contributed by atoms with van der Waals surface area (Å²) in [5, 5.41) is 16.4. The van der Waals surface area contributed by atoms with Gasteiger partial charge in [0.15, 0.2) is 9.84 Å². The number of methoxy groups -OCH3 is 1. The number of nitrogens with two attached hydrogens (primary N) is 1. The number of nitrogens with one attached hydrogen (secondary N) is 2. The molecule has 0 aliphatic heterocycles. The van der Waals surface area contributed by atoms with E-state index in [-0.39, 0.29) is 48.4 Å². The maximum atomic E-state index is 11.6. The number of halogens is 1. The molecule has 1 amide bonds. The van der Waals surface area contributed by atoms with Crippen molar-refractivity contribution in [1.82, 2.24) is 5.32 Å². The molecule has 0 fully saturated rings. The average molecular weight is 397 g/mol. The van der Waals surface area contributed by atoms with Crippen LogP contribution in [0.15, 0.2) is 23.1 Å². The molecule has 0 aromatic heterocycles. The Morgan fingerprint density at radius 3 is 2.56 bits per heavy atom. The molecule has 0 heterocycles. The van der Waals surface area contributed by atoms with Crippen molar-refractivity contribution in [1.29, 1.82) is 0 Å². The lowest BCUT2D eigenvalue weighted by atomic mass is 10.2. The molecule has 12 heteroatoms. The highest BCUT2D eigenvalue weighted by Crippen LogP contribution is 2.27. The van der Waals surface area contributed by atoms with E-state index >= 15 is 0 Å². The fourth-order valence-electron chi connectivity index (χ4n) is 1.81. The second-order valence-corrected chi connectivity index (χ2v) is 7.00. The first-order valence-electron chi connectivity index (χ1n) is 6.91. The standard InChI is InChI=1S/C13H20N4O6S.ClH/c1-23-8-10(14)13(18)16-6-5-15-11-4-3-9(24(2,21)22)7-12(11)17(19)20;/h3-4,7,10,15H,5-6,8,14H2,1-2H3,(H,16,18);1H. The van der Waals surface area contributed by atoms with Crippen molar-refractivity contribution in [2.75, 3.05) is 38.4 Å². The van der Waals surface area contributed by atoms with E-state index in [0.717, 1.165) is 12.3 Å². The van der Waals surface area contributed by atoms with Crippen LogP contribution in [0.2, 0.25) is 0 Å². The zero-order chi connectivity index (χ0) is 18.3. The van der Waals surface area contributed by atoms with Crippen LogP contribution in [0.3, 0.4) is 0 Å². The van der Waals surface area contributed by atoms with Crippen molar-refractivity contribution in [3.63, 3.8) is 0 Å². The van der Waals surface area contributed by atoms with E-state index in [4.69, 9.17) is 10.5 Å². The van der Waals surface area contributed by atoms with Crippen molar-refractivity contribution in [2.24, 2.45) is 5.73 Å². The average Bonchev–Trinajstić information content (AvgIpc) is 2.50. The van der Waals surface area contributed by atoms with Gasteiger partial charge in [-0.15, -0.1) is 12.4 Å². The molecule has 1 rings (SSSR count). The van der Waals surface area contributed by atoms with Crippen molar-refractivity contribution < 1.29 is 22.9 Å². The number of benzene rings is 1. The Morgan fingerprint density at radius 2 is 2.04 bits per heavy atom. The van der Waals surface area contributed by atoms with Gasteiger partial charge in [-0.05, 0) is 12.1 Å². The largest absolute Gasteiger partial charge is 0.383 e. The Balaban J connectivity index is 0.00000576. The highest BCUT2D eigenvalue weighted by atomic mass is 35.5. The van der Waals surface area contributed by atoms with Gasteiger partial charge in [0.05, 0.1) is 16.4 Å². The molecule has 1 aromatic carbocycles. The summed E-state index contributed by atoms with van der Waals surface area (Å²) in [7, 11) is -2.12. The van der Waals surface area contributed by atoms with Crippen LogP contribution in [-0.2, 0) is 19.4 Å². The lowest BCUT2D eigenvalue weighted by Gasteiger charge is -2.12. The van der Waals surface area contributed by atoms with Gasteiger partial charge in [-0.1, -0.05) is 0 Å². The first-order valence-corrected chi connectivity index (χ1v) is 8.80. The molecule has 0 saturated heterocycles. The normalized spacial score (nSPS) is 12.0. The summed E-state index contributed by atoms with van der Waals surface area (Å²) in [6.45, 7) is 0.462. The summed E-state index contributed by atoms with van der Waals surface area (Å²) in [4.78, 5) is 21.8. The summed E-state index contributed by atoms with van der Waals surface area (Å²) in [5.74, 6) is -0.402. The molecule has 4 N–H and O–H groups in total. The third-order valence-corrected chi connectivity index (χ3v) is 4.13. The maximum absolute atomic E-state index is 11.6. The van der Waals surface area contributed by atoms with E-state index in [1.807, 2.05) is 0 Å². The number of amides is 1. The Labute approximate surface area is 151 Å². The highest BCUT2D eigenvalue weighted by Gasteiger charge is 2.18. The maximum Gasteiger partial charge on any atom is 0.293 e. The number of nitro benzene ring substituents is 1. The minimum Gasteiger partial charge on any atom is -0.383 e. The van der Waals surface area contributed by atoms with Crippen LogP contribution < -0.4 is 16.4 Å². The fourth-order valence-corrected chi connectivity index (χ4v) is 2.45. The van der Waals surface area contributed by atoms with Crippen LogP contribution in [0.25, 0.3) is 0 Å². The Morgan fingerprint density at radius 1 is 1.40 bits per heavy atom. The van der Waals surface area contributed by atoms with Gasteiger partial charge in [0.1, 0.15) is 11.7 Å². The van der Waals surface area contributed by atoms with Crippen LogP contribution in [0, 0.1) is 10.1 Å². The molecule has 1 unspecified atom stereocenters. The molecule has 0 aliphatic carbocycles. The van der Waals surface area contributed by atoms with Crippen LogP contribution in [0.1, 0.15) is 0 Å². The quantitative estimate of drug-likeness (QED) is 0.297. The van der Waals surface area contributed by atoms with Crippen molar-refractivity contribution >= 4 is 39.5 Å². The van der Waals surface area contributed by atoms with E-state index in [0.29, 0.717) is 0 Å². The van der Waals surface area contributed by atoms with Crippen LogP contribution in [0.5, 0.6) is 0 Å². The van der Waals surface area contributed by atoms with Gasteiger partial charge in [-0.2, -0.15) is 0 Å². The number of anilines is 1. The number of carbonyl (C=O) groups excluding carboxylic acids is 1. The number of carbonyl (C=O) groups is 1. The Kier molecular flexibility index (Phi) is 9.34. The predicted molar refractivity (Wildman–Crippen MR) is 94.8 cm³/mol. The molecule has 0 aliphatic rings. The van der Waals surface area contributed by atoms with Crippen molar-refractivity contribution in [3.05, 3.63) is 28.3 Å². The molecule has 10 nitrogen and oxygen atoms in total. The first kappa shape index (κ1) is 23.1. The van der Waals surface area contributed by atoms with Gasteiger partial charge in [0, 0.05) is 32.5 Å². The predicted octanol–water partition coefficient (Wildman–Crippen LogP) is -0.0781. The van der Waals surface area contributed by atoms with Gasteiger partial charge in [0.2, 0.25) is 5.91 Å². The number of ether oxygens (including phenoxy) is 1. The van der Waals surface area contributed by atoms with Gasteiger partial charge in [-0.3, -0.25) is 14.9 Å². The minimum atomic E-state index is -3.54. The van der Waals surface area contributed by atoms with Crippen LogP contribution in [0.4, 0.5) is 11.4 Å². The summed E-state index contributed by atoms with van der Waals surface area (Å²) in [6, 6.07) is 2.79. The molecule has 142 valence electrons. The smallest absolute Gasteiger partial charge is 0.293 e. The van der Waals surface area contributed by atoms with Crippen molar-refractivity contribution in [2.45, 2.75) is 10.9 Å².